The minimum Gasteiger partial charge on any atom is -0.390 e. The molecule has 0 radical (unpaired) electrons. The highest BCUT2D eigenvalue weighted by Crippen LogP contribution is 2.37. The van der Waals surface area contributed by atoms with E-state index in [9.17, 15) is 5.11 Å². The molecule has 1 N–H and O–H groups in total. The van der Waals surface area contributed by atoms with Crippen LogP contribution in [0, 0.1) is 11.8 Å². The van der Waals surface area contributed by atoms with E-state index in [1.54, 1.807) is 0 Å². The van der Waals surface area contributed by atoms with Gasteiger partial charge in [-0.1, -0.05) is 33.1 Å². The van der Waals surface area contributed by atoms with Crippen molar-refractivity contribution in [2.24, 2.45) is 11.8 Å². The molecule has 0 aromatic heterocycles. The molecule has 13 heavy (non-hydrogen) atoms. The minimum atomic E-state index is -0.373. The van der Waals surface area contributed by atoms with Crippen LogP contribution in [0.15, 0.2) is 0 Å². The molecular weight excluding hydrogens is 160 g/mol. The molecule has 0 aromatic rings. The third kappa shape index (κ3) is 2.98. The van der Waals surface area contributed by atoms with Crippen molar-refractivity contribution in [1.82, 2.24) is 0 Å². The van der Waals surface area contributed by atoms with E-state index in [0.717, 1.165) is 12.3 Å². The fraction of sp³-hybridized carbons (Fsp3) is 1.00. The summed E-state index contributed by atoms with van der Waals surface area (Å²) in [6, 6.07) is 0. The molecule has 0 saturated heterocycles. The Morgan fingerprint density at radius 3 is 2.69 bits per heavy atom. The first-order chi connectivity index (χ1) is 6.06. The van der Waals surface area contributed by atoms with E-state index in [4.69, 9.17) is 0 Å². The third-order valence-corrected chi connectivity index (χ3v) is 3.75. The van der Waals surface area contributed by atoms with Crippen LogP contribution in [0.25, 0.3) is 0 Å². The number of hydrogen-bond acceptors (Lipinski definition) is 1. The quantitative estimate of drug-likeness (QED) is 0.713. The molecule has 0 heterocycles. The van der Waals surface area contributed by atoms with Crippen LogP contribution in [0.1, 0.15) is 59.3 Å². The smallest absolute Gasteiger partial charge is 0.0647 e. The SMILES string of the molecule is CCC(C)C[C@H]1CCCC[C@]1(C)O. The molecule has 1 nitrogen and oxygen atoms in total. The number of aliphatic hydroxyl groups is 1. The normalized spacial score (nSPS) is 37.4. The highest BCUT2D eigenvalue weighted by Gasteiger charge is 2.34. The van der Waals surface area contributed by atoms with Crippen LogP contribution in [0.2, 0.25) is 0 Å². The second kappa shape index (κ2) is 4.45. The van der Waals surface area contributed by atoms with E-state index >= 15 is 0 Å². The molecule has 0 amide bonds. The van der Waals surface area contributed by atoms with Gasteiger partial charge in [0.15, 0.2) is 0 Å². The summed E-state index contributed by atoms with van der Waals surface area (Å²) < 4.78 is 0. The summed E-state index contributed by atoms with van der Waals surface area (Å²) in [5, 5.41) is 10.2. The molecule has 0 spiro atoms. The minimum absolute atomic E-state index is 0.373. The van der Waals surface area contributed by atoms with Crippen LogP contribution in [-0.2, 0) is 0 Å². The Balaban J connectivity index is 2.46. The summed E-state index contributed by atoms with van der Waals surface area (Å²) in [7, 11) is 0. The van der Waals surface area contributed by atoms with Crippen LogP contribution in [-0.4, -0.2) is 10.7 Å². The van der Waals surface area contributed by atoms with Gasteiger partial charge < -0.3 is 5.11 Å². The van der Waals surface area contributed by atoms with Crippen LogP contribution < -0.4 is 0 Å². The van der Waals surface area contributed by atoms with Crippen LogP contribution in [0.3, 0.4) is 0 Å². The average Bonchev–Trinajstić information content (AvgIpc) is 2.08. The van der Waals surface area contributed by atoms with E-state index in [1.165, 1.54) is 32.1 Å². The summed E-state index contributed by atoms with van der Waals surface area (Å²) in [6.07, 6.45) is 7.22. The lowest BCUT2D eigenvalue weighted by molar-refractivity contribution is -0.0402. The van der Waals surface area contributed by atoms with Gasteiger partial charge in [-0.05, 0) is 38.0 Å². The van der Waals surface area contributed by atoms with E-state index < -0.39 is 0 Å². The van der Waals surface area contributed by atoms with Crippen LogP contribution >= 0.6 is 0 Å². The molecule has 3 atom stereocenters. The van der Waals surface area contributed by atoms with Gasteiger partial charge in [0.05, 0.1) is 5.60 Å². The van der Waals surface area contributed by atoms with Gasteiger partial charge in [0.2, 0.25) is 0 Å². The zero-order valence-corrected chi connectivity index (χ0v) is 9.34. The second-order valence-electron chi connectivity index (χ2n) is 5.05. The van der Waals surface area contributed by atoms with Crippen molar-refractivity contribution in [2.75, 3.05) is 0 Å². The summed E-state index contributed by atoms with van der Waals surface area (Å²) >= 11 is 0. The van der Waals surface area contributed by atoms with E-state index in [0.29, 0.717) is 5.92 Å². The summed E-state index contributed by atoms with van der Waals surface area (Å²) in [5.41, 5.74) is -0.373. The van der Waals surface area contributed by atoms with Crippen molar-refractivity contribution in [3.05, 3.63) is 0 Å². The van der Waals surface area contributed by atoms with Gasteiger partial charge in [-0.2, -0.15) is 0 Å². The molecule has 1 aliphatic carbocycles. The van der Waals surface area contributed by atoms with Gasteiger partial charge in [0.1, 0.15) is 0 Å². The lowest BCUT2D eigenvalue weighted by Crippen LogP contribution is -2.38. The van der Waals surface area contributed by atoms with E-state index in [2.05, 4.69) is 13.8 Å². The average molecular weight is 184 g/mol. The fourth-order valence-electron chi connectivity index (χ4n) is 2.41. The lowest BCUT2D eigenvalue weighted by atomic mass is 9.72. The van der Waals surface area contributed by atoms with Crippen molar-refractivity contribution in [3.8, 4) is 0 Å². The Bertz CT molecular complexity index is 151. The highest BCUT2D eigenvalue weighted by molar-refractivity contribution is 4.86. The summed E-state index contributed by atoms with van der Waals surface area (Å²) in [6.45, 7) is 6.56. The maximum absolute atomic E-state index is 10.2. The predicted octanol–water partition coefficient (Wildman–Crippen LogP) is 3.36. The zero-order chi connectivity index (χ0) is 9.90. The molecule has 1 rings (SSSR count). The predicted molar refractivity (Wildman–Crippen MR) is 56.7 cm³/mol. The molecule has 0 aromatic carbocycles. The maximum atomic E-state index is 10.2. The van der Waals surface area contributed by atoms with Gasteiger partial charge in [0, 0.05) is 0 Å². The fourth-order valence-corrected chi connectivity index (χ4v) is 2.41. The molecule has 1 unspecified atom stereocenters. The highest BCUT2D eigenvalue weighted by atomic mass is 16.3. The van der Waals surface area contributed by atoms with Gasteiger partial charge >= 0.3 is 0 Å². The molecule has 1 heteroatoms. The van der Waals surface area contributed by atoms with Crippen molar-refractivity contribution in [3.63, 3.8) is 0 Å². The van der Waals surface area contributed by atoms with Gasteiger partial charge in [-0.3, -0.25) is 0 Å². The molecular formula is C12H24O. The van der Waals surface area contributed by atoms with Crippen LogP contribution in [0.4, 0.5) is 0 Å². The van der Waals surface area contributed by atoms with Crippen LogP contribution in [0.5, 0.6) is 0 Å². The Morgan fingerprint density at radius 2 is 2.15 bits per heavy atom. The number of rotatable bonds is 3. The van der Waals surface area contributed by atoms with Crippen molar-refractivity contribution >= 4 is 0 Å². The van der Waals surface area contributed by atoms with E-state index in [1.807, 2.05) is 6.92 Å². The Morgan fingerprint density at radius 1 is 1.46 bits per heavy atom. The maximum Gasteiger partial charge on any atom is 0.0647 e. The number of hydrogen-bond donors (Lipinski definition) is 1. The second-order valence-corrected chi connectivity index (χ2v) is 5.05. The summed E-state index contributed by atoms with van der Waals surface area (Å²) in [4.78, 5) is 0. The Labute approximate surface area is 82.5 Å². The van der Waals surface area contributed by atoms with Gasteiger partial charge in [-0.25, -0.2) is 0 Å². The molecule has 78 valence electrons. The third-order valence-electron chi connectivity index (χ3n) is 3.75. The monoisotopic (exact) mass is 184 g/mol. The van der Waals surface area contributed by atoms with Crippen molar-refractivity contribution in [2.45, 2.75) is 64.9 Å². The Hall–Kier alpha value is -0.0400. The van der Waals surface area contributed by atoms with Gasteiger partial charge in [0.25, 0.3) is 0 Å². The standard InChI is InChI=1S/C12H24O/c1-4-10(2)9-11-7-5-6-8-12(11,3)13/h10-11,13H,4-9H2,1-3H3/t10?,11-,12+/m1/s1. The first-order valence-corrected chi connectivity index (χ1v) is 5.78. The summed E-state index contributed by atoms with van der Waals surface area (Å²) in [5.74, 6) is 1.32. The zero-order valence-electron chi connectivity index (χ0n) is 9.34. The molecule has 0 aliphatic heterocycles. The van der Waals surface area contributed by atoms with Gasteiger partial charge in [-0.15, -0.1) is 0 Å². The molecule has 0 bridgehead atoms. The first kappa shape index (κ1) is 11.0. The molecule has 1 aliphatic rings. The first-order valence-electron chi connectivity index (χ1n) is 5.78. The van der Waals surface area contributed by atoms with Crippen molar-refractivity contribution < 1.29 is 5.11 Å². The van der Waals surface area contributed by atoms with E-state index in [-0.39, 0.29) is 5.60 Å². The lowest BCUT2D eigenvalue weighted by Gasteiger charge is -2.38. The molecule has 1 fully saturated rings. The largest absolute Gasteiger partial charge is 0.390 e. The topological polar surface area (TPSA) is 20.2 Å². The molecule has 1 saturated carbocycles. The Kier molecular flexibility index (Phi) is 3.78. The van der Waals surface area contributed by atoms with Crippen molar-refractivity contribution in [1.29, 1.82) is 0 Å².